The van der Waals surface area contributed by atoms with Crippen molar-refractivity contribution in [1.82, 2.24) is 24.4 Å². The summed E-state index contributed by atoms with van der Waals surface area (Å²) in [5.74, 6) is 7.58. The first-order valence-corrected chi connectivity index (χ1v) is 11.2. The maximum absolute atomic E-state index is 14.2. The van der Waals surface area contributed by atoms with Crippen LogP contribution in [-0.2, 0) is 7.05 Å². The van der Waals surface area contributed by atoms with Gasteiger partial charge in [0.15, 0.2) is 17.0 Å². The van der Waals surface area contributed by atoms with Crippen LogP contribution in [0, 0.1) is 18.7 Å². The third-order valence-electron chi connectivity index (χ3n) is 6.29. The number of nitrogens with zero attached hydrogens (tertiary/aromatic N) is 6. The van der Waals surface area contributed by atoms with E-state index in [2.05, 4.69) is 46.0 Å². The van der Waals surface area contributed by atoms with Crippen LogP contribution in [0.5, 0.6) is 0 Å². The number of nitrogen functional groups attached to an aromatic ring is 1. The fourth-order valence-electron chi connectivity index (χ4n) is 4.69. The van der Waals surface area contributed by atoms with Gasteiger partial charge in [-0.2, -0.15) is 9.97 Å². The molecule has 0 saturated carbocycles. The molecule has 1 aliphatic heterocycles. The van der Waals surface area contributed by atoms with Crippen LogP contribution in [-0.4, -0.2) is 50.1 Å². The highest BCUT2D eigenvalue weighted by Crippen LogP contribution is 2.34. The topological polar surface area (TPSA) is 88.1 Å². The van der Waals surface area contributed by atoms with E-state index >= 15 is 0 Å². The second-order valence-electron chi connectivity index (χ2n) is 8.81. The van der Waals surface area contributed by atoms with Crippen molar-refractivity contribution in [2.45, 2.75) is 39.8 Å². The number of rotatable bonds is 5. The fourth-order valence-corrected chi connectivity index (χ4v) is 4.80. The Labute approximate surface area is 192 Å². The van der Waals surface area contributed by atoms with Gasteiger partial charge < -0.3 is 9.47 Å². The number of aromatic nitrogens is 4. The summed E-state index contributed by atoms with van der Waals surface area (Å²) >= 11 is 5.92. The Hall–Kier alpha value is -2.49. The number of nitrogens with one attached hydrogen (secondary N) is 1. The number of fused-ring (bicyclic) bond motifs is 1. The minimum atomic E-state index is -0.378. The minimum Gasteiger partial charge on any atom is -0.349 e. The van der Waals surface area contributed by atoms with E-state index in [4.69, 9.17) is 22.4 Å². The molecule has 1 fully saturated rings. The Morgan fingerprint density at radius 1 is 1.22 bits per heavy atom. The van der Waals surface area contributed by atoms with Gasteiger partial charge in [0.05, 0.1) is 5.02 Å². The highest BCUT2D eigenvalue weighted by Gasteiger charge is 2.33. The molecule has 2 atom stereocenters. The number of nitrogens with two attached hydrogens (primary N) is 1. The maximum atomic E-state index is 14.2. The van der Waals surface area contributed by atoms with E-state index in [9.17, 15) is 4.39 Å². The summed E-state index contributed by atoms with van der Waals surface area (Å²) in [6.45, 7) is 10.8. The number of aryl methyl sites for hydroxylation is 2. The molecule has 0 aliphatic carbocycles. The largest absolute Gasteiger partial charge is 0.349 e. The van der Waals surface area contributed by atoms with Crippen LogP contribution in [0.4, 0.5) is 16.2 Å². The summed E-state index contributed by atoms with van der Waals surface area (Å²) in [5.41, 5.74) is 5.03. The number of hydrogen-bond donors (Lipinski definition) is 2. The second kappa shape index (κ2) is 8.80. The number of imidazole rings is 1. The Morgan fingerprint density at radius 3 is 2.59 bits per heavy atom. The lowest BCUT2D eigenvalue weighted by molar-refractivity contribution is 0.129. The number of piperazine rings is 1. The SMILES string of the molecule is Cc1nc2c(N3CCN(C(c4ccc(Cl)c(F)c4)C(C)C)CC3C)nc(NN)nc2n1C. The molecule has 2 aromatic heterocycles. The van der Waals surface area contributed by atoms with Gasteiger partial charge in [-0.3, -0.25) is 10.3 Å². The molecule has 32 heavy (non-hydrogen) atoms. The van der Waals surface area contributed by atoms with Crippen LogP contribution in [0.1, 0.15) is 38.2 Å². The van der Waals surface area contributed by atoms with Crippen molar-refractivity contribution in [2.75, 3.05) is 30.0 Å². The highest BCUT2D eigenvalue weighted by atomic mass is 35.5. The van der Waals surface area contributed by atoms with Crippen LogP contribution in [0.2, 0.25) is 5.02 Å². The van der Waals surface area contributed by atoms with Crippen LogP contribution in [0.3, 0.4) is 0 Å². The molecule has 1 aliphatic rings. The zero-order valence-electron chi connectivity index (χ0n) is 19.1. The summed E-state index contributed by atoms with van der Waals surface area (Å²) in [5, 5.41) is 0.150. The van der Waals surface area contributed by atoms with Crippen molar-refractivity contribution in [3.05, 3.63) is 40.4 Å². The van der Waals surface area contributed by atoms with Gasteiger partial charge in [0, 0.05) is 38.8 Å². The molecular weight excluding hydrogens is 431 g/mol. The molecule has 0 amide bonds. The van der Waals surface area contributed by atoms with E-state index < -0.39 is 0 Å². The van der Waals surface area contributed by atoms with E-state index in [1.54, 1.807) is 12.1 Å². The van der Waals surface area contributed by atoms with Crippen LogP contribution in [0.15, 0.2) is 18.2 Å². The summed E-state index contributed by atoms with van der Waals surface area (Å²) in [4.78, 5) is 18.5. The molecule has 0 spiro atoms. The summed E-state index contributed by atoms with van der Waals surface area (Å²) < 4.78 is 16.1. The normalized spacial score (nSPS) is 18.5. The Kier molecular flexibility index (Phi) is 6.24. The first-order valence-electron chi connectivity index (χ1n) is 10.8. The predicted molar refractivity (Wildman–Crippen MR) is 126 cm³/mol. The molecular formula is C22H30ClFN8. The monoisotopic (exact) mass is 460 g/mol. The summed E-state index contributed by atoms with van der Waals surface area (Å²) in [6, 6.07) is 5.39. The van der Waals surface area contributed by atoms with Crippen molar-refractivity contribution >= 4 is 34.5 Å². The van der Waals surface area contributed by atoms with Crippen LogP contribution >= 0.6 is 11.6 Å². The lowest BCUT2D eigenvalue weighted by Gasteiger charge is -2.45. The third kappa shape index (κ3) is 4.00. The van der Waals surface area contributed by atoms with Crippen molar-refractivity contribution < 1.29 is 4.39 Å². The molecule has 4 rings (SSSR count). The second-order valence-corrected chi connectivity index (χ2v) is 9.21. The van der Waals surface area contributed by atoms with Gasteiger partial charge in [0.25, 0.3) is 0 Å². The van der Waals surface area contributed by atoms with Gasteiger partial charge in [-0.1, -0.05) is 31.5 Å². The lowest BCUT2D eigenvalue weighted by Crippen LogP contribution is -2.54. The molecule has 172 valence electrons. The lowest BCUT2D eigenvalue weighted by atomic mass is 9.93. The van der Waals surface area contributed by atoms with E-state index in [1.165, 1.54) is 0 Å². The van der Waals surface area contributed by atoms with Gasteiger partial charge in [-0.25, -0.2) is 15.2 Å². The van der Waals surface area contributed by atoms with Crippen molar-refractivity contribution in [3.8, 4) is 0 Å². The van der Waals surface area contributed by atoms with Gasteiger partial charge in [0.1, 0.15) is 11.6 Å². The molecule has 0 radical (unpaired) electrons. The molecule has 2 unspecified atom stereocenters. The van der Waals surface area contributed by atoms with Crippen molar-refractivity contribution in [1.29, 1.82) is 0 Å². The molecule has 3 aromatic rings. The fraction of sp³-hybridized carbons (Fsp3) is 0.500. The first kappa shape index (κ1) is 22.7. The average molecular weight is 461 g/mol. The quantitative estimate of drug-likeness (QED) is 0.443. The zero-order chi connectivity index (χ0) is 23.2. The van der Waals surface area contributed by atoms with E-state index in [-0.39, 0.29) is 22.9 Å². The Balaban J connectivity index is 1.64. The molecule has 3 N–H and O–H groups in total. The smallest absolute Gasteiger partial charge is 0.241 e. The average Bonchev–Trinajstić information content (AvgIpc) is 3.04. The van der Waals surface area contributed by atoms with Gasteiger partial charge >= 0.3 is 0 Å². The predicted octanol–water partition coefficient (Wildman–Crippen LogP) is 3.66. The molecule has 10 heteroatoms. The molecule has 3 heterocycles. The number of hydrogen-bond acceptors (Lipinski definition) is 7. The molecule has 8 nitrogen and oxygen atoms in total. The van der Waals surface area contributed by atoms with Gasteiger partial charge in [0.2, 0.25) is 5.95 Å². The van der Waals surface area contributed by atoms with E-state index in [0.717, 1.165) is 48.0 Å². The maximum Gasteiger partial charge on any atom is 0.241 e. The first-order chi connectivity index (χ1) is 15.2. The van der Waals surface area contributed by atoms with Gasteiger partial charge in [-0.05, 0) is 37.5 Å². The van der Waals surface area contributed by atoms with Crippen LogP contribution < -0.4 is 16.2 Å². The third-order valence-corrected chi connectivity index (χ3v) is 6.60. The number of halogens is 2. The van der Waals surface area contributed by atoms with Gasteiger partial charge in [-0.15, -0.1) is 0 Å². The Morgan fingerprint density at radius 2 is 1.97 bits per heavy atom. The summed E-state index contributed by atoms with van der Waals surface area (Å²) in [6.07, 6.45) is 0. The standard InChI is InChI=1S/C22H30ClFN8/c1-12(2)19(15-6-7-16(23)17(24)10-15)31-8-9-32(13(3)11-31)21-18-20(27-22(28-21)29-25)30(5)14(4)26-18/h6-7,10,12-13,19H,8-9,11,25H2,1-5H3,(H,27,28,29). The zero-order valence-corrected chi connectivity index (χ0v) is 19.9. The van der Waals surface area contributed by atoms with Crippen molar-refractivity contribution in [2.24, 2.45) is 18.8 Å². The Bertz CT molecular complexity index is 1130. The molecule has 1 saturated heterocycles. The molecule has 1 aromatic carbocycles. The van der Waals surface area contributed by atoms with E-state index in [1.807, 2.05) is 24.6 Å². The van der Waals surface area contributed by atoms with E-state index in [0.29, 0.717) is 11.9 Å². The highest BCUT2D eigenvalue weighted by molar-refractivity contribution is 6.30. The van der Waals surface area contributed by atoms with Crippen LogP contribution in [0.25, 0.3) is 11.2 Å². The number of anilines is 2. The minimum absolute atomic E-state index is 0.0927. The number of benzene rings is 1. The number of hydrazine groups is 1. The van der Waals surface area contributed by atoms with Crippen molar-refractivity contribution in [3.63, 3.8) is 0 Å². The summed E-state index contributed by atoms with van der Waals surface area (Å²) in [7, 11) is 1.93. The molecule has 0 bridgehead atoms.